The zero-order valence-corrected chi connectivity index (χ0v) is 17.7. The van der Waals surface area contributed by atoms with Gasteiger partial charge in [-0.15, -0.1) is 0 Å². The van der Waals surface area contributed by atoms with Crippen molar-refractivity contribution >= 4 is 5.78 Å². The van der Waals surface area contributed by atoms with Gasteiger partial charge in [0.1, 0.15) is 0 Å². The van der Waals surface area contributed by atoms with E-state index in [0.29, 0.717) is 0 Å². The maximum atomic E-state index is 12.2. The molecule has 0 rings (SSSR count). The molecule has 138 valence electrons. The molecule has 0 spiro atoms. The smallest absolute Gasteiger partial charge is 0.212 e. The highest BCUT2D eigenvalue weighted by atomic mass is 79.9. The molecule has 1 atom stereocenters. The van der Waals surface area contributed by atoms with Crippen LogP contribution in [0.25, 0.3) is 0 Å². The lowest BCUT2D eigenvalue weighted by atomic mass is 9.99. The van der Waals surface area contributed by atoms with Crippen molar-refractivity contribution in [3.05, 3.63) is 12.7 Å². The Bertz CT molecular complexity index is 302. The maximum absolute atomic E-state index is 12.2. The summed E-state index contributed by atoms with van der Waals surface area (Å²) in [4.78, 5) is 12.2. The third-order valence-electron chi connectivity index (χ3n) is 4.75. The summed E-state index contributed by atoms with van der Waals surface area (Å²) >= 11 is 0. The molecule has 3 heteroatoms. The van der Waals surface area contributed by atoms with E-state index in [1.165, 1.54) is 63.9 Å². The van der Waals surface area contributed by atoms with E-state index < -0.39 is 0 Å². The highest BCUT2D eigenvalue weighted by molar-refractivity contribution is 5.92. The SMILES string of the molecule is C=CC(=O)C(CCCCCCCCCCC)[N+](C)(C)CCC.[Br-]. The summed E-state index contributed by atoms with van der Waals surface area (Å²) in [5.74, 6) is 0.220. The van der Waals surface area contributed by atoms with Gasteiger partial charge >= 0.3 is 0 Å². The molecular formula is C20H40BrNO. The van der Waals surface area contributed by atoms with Gasteiger partial charge in [0.25, 0.3) is 0 Å². The van der Waals surface area contributed by atoms with Gasteiger partial charge in [-0.05, 0) is 18.9 Å². The van der Waals surface area contributed by atoms with Crippen LogP contribution in [0.4, 0.5) is 0 Å². The van der Waals surface area contributed by atoms with E-state index in [4.69, 9.17) is 0 Å². The van der Waals surface area contributed by atoms with Crippen LogP contribution in [0, 0.1) is 0 Å². The van der Waals surface area contributed by atoms with E-state index in [1.807, 2.05) is 0 Å². The molecular weight excluding hydrogens is 350 g/mol. The van der Waals surface area contributed by atoms with Crippen LogP contribution in [0.2, 0.25) is 0 Å². The fraction of sp³-hybridized carbons (Fsp3) is 0.850. The lowest BCUT2D eigenvalue weighted by Crippen LogP contribution is -3.00. The maximum Gasteiger partial charge on any atom is 0.212 e. The van der Waals surface area contributed by atoms with Gasteiger partial charge in [-0.25, -0.2) is 0 Å². The zero-order valence-electron chi connectivity index (χ0n) is 16.1. The Morgan fingerprint density at radius 1 is 0.913 bits per heavy atom. The first-order valence-corrected chi connectivity index (χ1v) is 9.48. The Balaban J connectivity index is 0. The van der Waals surface area contributed by atoms with Crippen molar-refractivity contribution in [2.75, 3.05) is 20.6 Å². The molecule has 0 amide bonds. The molecule has 0 heterocycles. The van der Waals surface area contributed by atoms with E-state index in [9.17, 15) is 4.79 Å². The lowest BCUT2D eigenvalue weighted by Gasteiger charge is -2.36. The van der Waals surface area contributed by atoms with Crippen molar-refractivity contribution < 1.29 is 26.3 Å². The van der Waals surface area contributed by atoms with Crippen LogP contribution in [-0.2, 0) is 4.79 Å². The van der Waals surface area contributed by atoms with Crippen molar-refractivity contribution in [2.45, 2.75) is 90.5 Å². The first-order valence-electron chi connectivity index (χ1n) is 9.48. The number of hydrogen-bond donors (Lipinski definition) is 0. The van der Waals surface area contributed by atoms with Gasteiger partial charge in [0.05, 0.1) is 20.6 Å². The molecule has 0 aromatic carbocycles. The van der Waals surface area contributed by atoms with Gasteiger partial charge in [0, 0.05) is 6.42 Å². The number of likely N-dealkylation sites (N-methyl/N-ethyl adjacent to an activating group) is 1. The molecule has 0 saturated heterocycles. The average molecular weight is 390 g/mol. The normalized spacial score (nSPS) is 12.5. The molecule has 0 fully saturated rings. The van der Waals surface area contributed by atoms with Crippen LogP contribution in [0.3, 0.4) is 0 Å². The minimum Gasteiger partial charge on any atom is -1.00 e. The fourth-order valence-corrected chi connectivity index (χ4v) is 3.35. The summed E-state index contributed by atoms with van der Waals surface area (Å²) in [6.45, 7) is 9.20. The molecule has 2 nitrogen and oxygen atoms in total. The van der Waals surface area contributed by atoms with Gasteiger partial charge in [0.2, 0.25) is 5.78 Å². The quantitative estimate of drug-likeness (QED) is 0.239. The second-order valence-electron chi connectivity index (χ2n) is 7.24. The van der Waals surface area contributed by atoms with Gasteiger partial charge in [-0.1, -0.05) is 71.8 Å². The number of hydrogen-bond acceptors (Lipinski definition) is 1. The largest absolute Gasteiger partial charge is 1.00 e. The number of unbranched alkanes of at least 4 members (excludes halogenated alkanes) is 8. The highest BCUT2D eigenvalue weighted by Gasteiger charge is 2.31. The van der Waals surface area contributed by atoms with Crippen molar-refractivity contribution in [3.8, 4) is 0 Å². The third kappa shape index (κ3) is 11.9. The van der Waals surface area contributed by atoms with Crippen LogP contribution in [0.1, 0.15) is 84.5 Å². The second-order valence-corrected chi connectivity index (χ2v) is 7.24. The first-order chi connectivity index (χ1) is 10.5. The molecule has 0 aliphatic rings. The molecule has 0 radical (unpaired) electrons. The van der Waals surface area contributed by atoms with E-state index in [2.05, 4.69) is 34.5 Å². The summed E-state index contributed by atoms with van der Waals surface area (Å²) in [5, 5.41) is 0. The Morgan fingerprint density at radius 2 is 1.39 bits per heavy atom. The van der Waals surface area contributed by atoms with Crippen molar-refractivity contribution in [1.29, 1.82) is 0 Å². The highest BCUT2D eigenvalue weighted by Crippen LogP contribution is 2.18. The minimum atomic E-state index is 0. The van der Waals surface area contributed by atoms with Crippen LogP contribution >= 0.6 is 0 Å². The van der Waals surface area contributed by atoms with E-state index in [0.717, 1.165) is 23.9 Å². The minimum absolute atomic E-state index is 0. The zero-order chi connectivity index (χ0) is 16.8. The van der Waals surface area contributed by atoms with Gasteiger partial charge in [-0.3, -0.25) is 4.79 Å². The molecule has 0 aliphatic heterocycles. The van der Waals surface area contributed by atoms with Gasteiger partial charge < -0.3 is 21.5 Å². The second kappa shape index (κ2) is 15.4. The third-order valence-corrected chi connectivity index (χ3v) is 4.75. The standard InChI is InChI=1S/C20H40NO.BrH/c1-6-9-10-11-12-13-14-15-16-17-19(20(22)8-3)21(4,5)18-7-2;/h8,19H,3,6-7,9-18H2,1-2,4-5H3;1H/q+1;/p-1. The number of quaternary nitrogens is 1. The monoisotopic (exact) mass is 389 g/mol. The Kier molecular flexibility index (Phi) is 16.8. The van der Waals surface area contributed by atoms with Crippen LogP contribution in [-0.4, -0.2) is 36.9 Å². The number of nitrogens with zero attached hydrogens (tertiary/aromatic N) is 1. The van der Waals surface area contributed by atoms with Crippen molar-refractivity contribution in [3.63, 3.8) is 0 Å². The van der Waals surface area contributed by atoms with E-state index in [1.54, 1.807) is 0 Å². The molecule has 0 aromatic heterocycles. The summed E-state index contributed by atoms with van der Waals surface area (Å²) in [6, 6.07) is 0.0991. The van der Waals surface area contributed by atoms with E-state index >= 15 is 0 Å². The average Bonchev–Trinajstić information content (AvgIpc) is 2.48. The molecule has 0 saturated carbocycles. The number of ketones is 1. The predicted octanol–water partition coefficient (Wildman–Crippen LogP) is 2.52. The van der Waals surface area contributed by atoms with Gasteiger partial charge in [0.15, 0.2) is 6.04 Å². The number of rotatable bonds is 15. The lowest BCUT2D eigenvalue weighted by molar-refractivity contribution is -0.906. The summed E-state index contributed by atoms with van der Waals surface area (Å²) in [5.41, 5.74) is 0. The molecule has 1 unspecified atom stereocenters. The van der Waals surface area contributed by atoms with Crippen LogP contribution in [0.5, 0.6) is 0 Å². The van der Waals surface area contributed by atoms with E-state index in [-0.39, 0.29) is 28.8 Å². The molecule has 0 aromatic rings. The Morgan fingerprint density at radius 3 is 1.83 bits per heavy atom. The summed E-state index contributed by atoms with van der Waals surface area (Å²) in [7, 11) is 4.37. The summed E-state index contributed by atoms with van der Waals surface area (Å²) in [6.07, 6.45) is 15.6. The first kappa shape index (κ1) is 25.1. The molecule has 23 heavy (non-hydrogen) atoms. The molecule has 0 bridgehead atoms. The van der Waals surface area contributed by atoms with Crippen LogP contribution in [0.15, 0.2) is 12.7 Å². The van der Waals surface area contributed by atoms with Crippen molar-refractivity contribution in [1.82, 2.24) is 0 Å². The number of carbonyl (C=O) groups is 1. The fourth-order valence-electron chi connectivity index (χ4n) is 3.35. The summed E-state index contributed by atoms with van der Waals surface area (Å²) < 4.78 is 0.804. The van der Waals surface area contributed by atoms with Crippen LogP contribution < -0.4 is 17.0 Å². The molecule has 0 aliphatic carbocycles. The van der Waals surface area contributed by atoms with Crippen molar-refractivity contribution in [2.24, 2.45) is 0 Å². The Labute approximate surface area is 156 Å². The number of carbonyl (C=O) groups excluding carboxylic acids is 1. The van der Waals surface area contributed by atoms with Gasteiger partial charge in [-0.2, -0.15) is 0 Å². The Hall–Kier alpha value is -0.150. The number of halogens is 1. The topological polar surface area (TPSA) is 17.1 Å². The molecule has 0 N–H and O–H groups in total. The predicted molar refractivity (Wildman–Crippen MR) is 98.1 cm³/mol.